The van der Waals surface area contributed by atoms with E-state index in [2.05, 4.69) is 44.4 Å². The number of quaternary nitrogens is 1. The van der Waals surface area contributed by atoms with Crippen molar-refractivity contribution in [2.24, 2.45) is 0 Å². The van der Waals surface area contributed by atoms with E-state index >= 15 is 0 Å². The lowest BCUT2D eigenvalue weighted by Crippen LogP contribution is -2.39. The molecule has 2 N–H and O–H groups in total. The molecule has 0 fully saturated rings. The Kier molecular flexibility index (Phi) is 8.89. The second-order valence-electron chi connectivity index (χ2n) is 5.84. The lowest BCUT2D eigenvalue weighted by Gasteiger charge is -2.29. The first-order valence-electron chi connectivity index (χ1n) is 7.32. The summed E-state index contributed by atoms with van der Waals surface area (Å²) in [4.78, 5) is 9.15. The highest BCUT2D eigenvalue weighted by atomic mass is 35.5. The third-order valence-corrected chi connectivity index (χ3v) is 3.52. The highest BCUT2D eigenvalue weighted by Gasteiger charge is 2.20. The van der Waals surface area contributed by atoms with Crippen molar-refractivity contribution in [2.75, 3.05) is 21.1 Å². The fraction of sp³-hybridized carbons (Fsp3) is 0.278. The number of hydrogen-bond donors (Lipinski definition) is 2. The van der Waals surface area contributed by atoms with Gasteiger partial charge in [-0.1, -0.05) is 30.3 Å². The first-order valence-corrected chi connectivity index (χ1v) is 7.32. The molecule has 0 radical (unpaired) electrons. The van der Waals surface area contributed by atoms with Gasteiger partial charge in [-0.05, 0) is 24.6 Å². The number of carbonyl (C=O) groups is 1. The molecule has 2 aromatic rings. The largest absolute Gasteiger partial charge is 0.530 e. The van der Waals surface area contributed by atoms with E-state index in [4.69, 9.17) is 9.90 Å². The highest BCUT2D eigenvalue weighted by molar-refractivity contribution is 5.85. The Labute approximate surface area is 149 Å². The minimum absolute atomic E-state index is 0. The van der Waals surface area contributed by atoms with Crippen LogP contribution in [0.2, 0.25) is 0 Å². The Morgan fingerprint density at radius 2 is 1.71 bits per heavy atom. The van der Waals surface area contributed by atoms with Crippen molar-refractivity contribution >= 4 is 24.2 Å². The van der Waals surface area contributed by atoms with Crippen LogP contribution in [0.4, 0.5) is 10.5 Å². The number of phenolic OH excluding ortho intramolecular Hbond substituents is 1. The van der Waals surface area contributed by atoms with Gasteiger partial charge in [-0.25, -0.2) is 0 Å². The van der Waals surface area contributed by atoms with Crippen LogP contribution in [0.1, 0.15) is 11.1 Å². The van der Waals surface area contributed by atoms with Crippen molar-refractivity contribution in [1.82, 2.24) is 9.80 Å². The van der Waals surface area contributed by atoms with Crippen molar-refractivity contribution in [3.8, 4) is 5.75 Å². The van der Waals surface area contributed by atoms with Gasteiger partial charge in [-0.2, -0.15) is 0 Å². The zero-order valence-electron chi connectivity index (χ0n) is 14.4. The van der Waals surface area contributed by atoms with Crippen LogP contribution in [0.15, 0.2) is 48.5 Å². The fourth-order valence-corrected chi connectivity index (χ4v) is 2.11. The van der Waals surface area contributed by atoms with Crippen LogP contribution in [0.5, 0.6) is 5.75 Å². The van der Waals surface area contributed by atoms with E-state index in [0.29, 0.717) is 5.75 Å². The topological polar surface area (TPSA) is 72.4 Å². The Bertz CT molecular complexity index is 646. The number of hydrogen-bond acceptors (Lipinski definition) is 3. The Hall–Kier alpha value is -2.24. The number of phenols is 1. The van der Waals surface area contributed by atoms with Gasteiger partial charge < -0.3 is 20.3 Å². The minimum Gasteiger partial charge on any atom is -0.530 e. The molecule has 0 bridgehead atoms. The van der Waals surface area contributed by atoms with E-state index in [0.717, 1.165) is 22.3 Å². The van der Waals surface area contributed by atoms with Crippen LogP contribution in [-0.2, 0) is 6.54 Å². The molecule has 2 aromatic carbocycles. The molecule has 0 unspecified atom stereocenters. The molecule has 2 rings (SSSR count). The summed E-state index contributed by atoms with van der Waals surface area (Å²) in [7, 11) is 5.59. The van der Waals surface area contributed by atoms with Gasteiger partial charge >= 0.3 is 0 Å². The standard InChI is InChI=1S/C16H19NO.C2H5NO2.ClH/c1-13-9-10-15(11-16(13)18)17(2,3)12-14-7-5-4-6-8-14;1-3-2(4)5;/h4-11H,12H2,1-3H3;3H,1H3,(H,4,5);1H. The number of nitrogens with zero attached hydrogens (tertiary/aromatic N) is 1. The Morgan fingerprint density at radius 1 is 1.17 bits per heavy atom. The van der Waals surface area contributed by atoms with Crippen LogP contribution >= 0.6 is 12.4 Å². The summed E-state index contributed by atoms with van der Waals surface area (Å²) >= 11 is 0. The van der Waals surface area contributed by atoms with Crippen molar-refractivity contribution in [1.29, 1.82) is 0 Å². The fourth-order valence-electron chi connectivity index (χ4n) is 2.11. The van der Waals surface area contributed by atoms with Gasteiger partial charge in [0.05, 0.1) is 14.1 Å². The van der Waals surface area contributed by atoms with E-state index in [9.17, 15) is 5.11 Å². The van der Waals surface area contributed by atoms with Gasteiger partial charge in [0.2, 0.25) is 0 Å². The number of nitrogens with one attached hydrogen (secondary N) is 1. The van der Waals surface area contributed by atoms with E-state index in [1.54, 1.807) is 0 Å². The molecule has 1 amide bonds. The maximum absolute atomic E-state index is 9.82. The maximum Gasteiger partial charge on any atom is 0.136 e. The predicted molar refractivity (Wildman–Crippen MR) is 98.3 cm³/mol. The smallest absolute Gasteiger partial charge is 0.136 e. The molecule has 5 nitrogen and oxygen atoms in total. The van der Waals surface area contributed by atoms with Gasteiger partial charge in [0, 0.05) is 18.7 Å². The number of benzene rings is 2. The molecule has 24 heavy (non-hydrogen) atoms. The third-order valence-electron chi connectivity index (χ3n) is 3.52. The first kappa shape index (κ1) is 21.8. The van der Waals surface area contributed by atoms with Gasteiger partial charge in [-0.3, -0.25) is 4.48 Å². The molecule has 0 aromatic heterocycles. The van der Waals surface area contributed by atoms with Gasteiger partial charge in [-0.15, -0.1) is 12.4 Å². The highest BCUT2D eigenvalue weighted by Crippen LogP contribution is 2.28. The van der Waals surface area contributed by atoms with Gasteiger partial charge in [0.1, 0.15) is 24.1 Å². The molecule has 0 heterocycles. The van der Waals surface area contributed by atoms with E-state index in [-0.39, 0.29) is 12.4 Å². The number of aromatic hydroxyl groups is 1. The number of halogens is 1. The van der Waals surface area contributed by atoms with Crippen molar-refractivity contribution in [2.45, 2.75) is 13.5 Å². The lowest BCUT2D eigenvalue weighted by molar-refractivity contribution is -0.250. The molecule has 0 saturated heterocycles. The van der Waals surface area contributed by atoms with Crippen LogP contribution in [0, 0.1) is 6.92 Å². The Balaban J connectivity index is 0.000000777. The number of rotatable bonds is 3. The van der Waals surface area contributed by atoms with Crippen LogP contribution in [0.25, 0.3) is 0 Å². The molecular formula is C18H25ClN2O3. The first-order chi connectivity index (χ1) is 10.8. The van der Waals surface area contributed by atoms with Crippen LogP contribution in [-0.4, -0.2) is 32.3 Å². The second-order valence-corrected chi connectivity index (χ2v) is 5.84. The van der Waals surface area contributed by atoms with Crippen LogP contribution in [0.3, 0.4) is 0 Å². The molecule has 6 heteroatoms. The average molecular weight is 353 g/mol. The predicted octanol–water partition coefficient (Wildman–Crippen LogP) is 2.44. The third kappa shape index (κ3) is 6.89. The zero-order chi connectivity index (χ0) is 17.5. The number of amides is 1. The van der Waals surface area contributed by atoms with E-state index in [1.165, 1.54) is 12.6 Å². The van der Waals surface area contributed by atoms with E-state index in [1.807, 2.05) is 30.4 Å². The quantitative estimate of drug-likeness (QED) is 0.833. The molecule has 132 valence electrons. The van der Waals surface area contributed by atoms with E-state index < -0.39 is 6.09 Å². The second kappa shape index (κ2) is 9.80. The molecule has 0 atom stereocenters. The van der Waals surface area contributed by atoms with Gasteiger partial charge in [0.25, 0.3) is 0 Å². The molecule has 0 saturated carbocycles. The molecular weight excluding hydrogens is 328 g/mol. The summed E-state index contributed by atoms with van der Waals surface area (Å²) in [6, 6.07) is 16.3. The monoisotopic (exact) mass is 352 g/mol. The minimum atomic E-state index is -1.25. The summed E-state index contributed by atoms with van der Waals surface area (Å²) in [5.74, 6) is 0.367. The molecule has 0 aliphatic carbocycles. The zero-order valence-corrected chi connectivity index (χ0v) is 15.3. The SMILES string of the molecule is CNC(=O)[O-].Cc1ccc([N+](C)(C)Cc2ccccc2)cc1O.Cl. The maximum atomic E-state index is 9.82. The average Bonchev–Trinajstić information content (AvgIpc) is 2.51. The summed E-state index contributed by atoms with van der Waals surface area (Å²) in [6.45, 7) is 2.82. The van der Waals surface area contributed by atoms with Crippen molar-refractivity contribution in [3.05, 3.63) is 59.7 Å². The lowest BCUT2D eigenvalue weighted by atomic mass is 10.1. The molecule has 0 aliphatic heterocycles. The molecule has 0 aliphatic rings. The van der Waals surface area contributed by atoms with Crippen molar-refractivity contribution < 1.29 is 15.0 Å². The number of carboxylic acid groups (broad SMARTS) is 1. The summed E-state index contributed by atoms with van der Waals surface area (Å²) < 4.78 is 0.720. The number of carbonyl (C=O) groups excluding carboxylic acids is 1. The normalized spacial score (nSPS) is 10.0. The van der Waals surface area contributed by atoms with Gasteiger partial charge in [0.15, 0.2) is 0 Å². The Morgan fingerprint density at radius 3 is 2.17 bits per heavy atom. The van der Waals surface area contributed by atoms with Crippen molar-refractivity contribution in [3.63, 3.8) is 0 Å². The summed E-state index contributed by atoms with van der Waals surface area (Å²) in [5, 5.41) is 20.8. The number of aryl methyl sites for hydroxylation is 1. The summed E-state index contributed by atoms with van der Waals surface area (Å²) in [6.07, 6.45) is -1.25. The van der Waals surface area contributed by atoms with Crippen LogP contribution < -0.4 is 14.9 Å². The summed E-state index contributed by atoms with van der Waals surface area (Å²) in [5.41, 5.74) is 3.32. The molecule has 0 spiro atoms.